The van der Waals surface area contributed by atoms with E-state index in [0.717, 1.165) is 32.4 Å². The molecule has 1 aromatic rings. The summed E-state index contributed by atoms with van der Waals surface area (Å²) in [6.45, 7) is 3.38. The first-order valence-electron chi connectivity index (χ1n) is 6.63. The molecule has 0 aromatic carbocycles. The highest BCUT2D eigenvalue weighted by Crippen LogP contribution is 2.15. The number of ether oxygens (including phenoxy) is 1. The van der Waals surface area contributed by atoms with Crippen LogP contribution in [0.2, 0.25) is 5.02 Å². The van der Waals surface area contributed by atoms with Crippen LogP contribution in [-0.4, -0.2) is 37.3 Å². The third-order valence-electron chi connectivity index (χ3n) is 3.06. The highest BCUT2D eigenvalue weighted by Gasteiger charge is 2.12. The van der Waals surface area contributed by atoms with Crippen molar-refractivity contribution >= 4 is 17.4 Å². The standard InChI is InChI=1S/C13H19ClFN3O/c14-10-8-12(15)13(18-9-10)17-4-1-7-19-11-2-5-16-6-3-11/h8-9,11,16H,1-7H2,(H,17,18). The van der Waals surface area contributed by atoms with E-state index in [9.17, 15) is 4.39 Å². The molecule has 1 aliphatic rings. The van der Waals surface area contributed by atoms with E-state index in [2.05, 4.69) is 15.6 Å². The molecule has 4 nitrogen and oxygen atoms in total. The number of anilines is 1. The molecule has 0 bridgehead atoms. The molecular weight excluding hydrogens is 269 g/mol. The van der Waals surface area contributed by atoms with E-state index in [-0.39, 0.29) is 5.82 Å². The number of hydrogen-bond acceptors (Lipinski definition) is 4. The van der Waals surface area contributed by atoms with Crippen molar-refractivity contribution in [1.29, 1.82) is 0 Å². The first-order chi connectivity index (χ1) is 9.25. The molecule has 0 atom stereocenters. The Morgan fingerprint density at radius 3 is 3.00 bits per heavy atom. The second-order valence-corrected chi connectivity index (χ2v) is 5.02. The number of halogens is 2. The zero-order chi connectivity index (χ0) is 13.5. The van der Waals surface area contributed by atoms with Gasteiger partial charge in [0.2, 0.25) is 0 Å². The number of rotatable bonds is 6. The van der Waals surface area contributed by atoms with Gasteiger partial charge in [0, 0.05) is 19.3 Å². The van der Waals surface area contributed by atoms with Crippen molar-refractivity contribution in [3.05, 3.63) is 23.1 Å². The molecule has 0 aliphatic carbocycles. The van der Waals surface area contributed by atoms with Gasteiger partial charge >= 0.3 is 0 Å². The predicted molar refractivity (Wildman–Crippen MR) is 74.2 cm³/mol. The molecule has 1 saturated heterocycles. The molecule has 1 aliphatic heterocycles. The minimum Gasteiger partial charge on any atom is -0.378 e. The van der Waals surface area contributed by atoms with Crippen molar-refractivity contribution in [1.82, 2.24) is 10.3 Å². The smallest absolute Gasteiger partial charge is 0.166 e. The van der Waals surface area contributed by atoms with E-state index in [1.54, 1.807) is 0 Å². The molecule has 6 heteroatoms. The summed E-state index contributed by atoms with van der Waals surface area (Å²) in [5.41, 5.74) is 0. The molecular formula is C13H19ClFN3O. The highest BCUT2D eigenvalue weighted by atomic mass is 35.5. The zero-order valence-corrected chi connectivity index (χ0v) is 11.5. The van der Waals surface area contributed by atoms with E-state index in [0.29, 0.717) is 24.3 Å². The van der Waals surface area contributed by atoms with Crippen LogP contribution in [0.15, 0.2) is 12.3 Å². The normalized spacial score (nSPS) is 16.5. The maximum atomic E-state index is 13.4. The van der Waals surface area contributed by atoms with Crippen molar-refractivity contribution in [3.63, 3.8) is 0 Å². The summed E-state index contributed by atoms with van der Waals surface area (Å²) in [7, 11) is 0. The number of nitrogens with zero attached hydrogens (tertiary/aromatic N) is 1. The van der Waals surface area contributed by atoms with Gasteiger partial charge in [-0.25, -0.2) is 9.37 Å². The maximum Gasteiger partial charge on any atom is 0.166 e. The Labute approximate surface area is 117 Å². The molecule has 106 valence electrons. The van der Waals surface area contributed by atoms with Crippen LogP contribution >= 0.6 is 11.6 Å². The fourth-order valence-corrected chi connectivity index (χ4v) is 2.18. The lowest BCUT2D eigenvalue weighted by molar-refractivity contribution is 0.0329. The van der Waals surface area contributed by atoms with Crippen LogP contribution in [0.5, 0.6) is 0 Å². The molecule has 0 amide bonds. The Kier molecular flexibility index (Phi) is 5.82. The fraction of sp³-hybridized carbons (Fsp3) is 0.615. The number of hydrogen-bond donors (Lipinski definition) is 2. The van der Waals surface area contributed by atoms with Gasteiger partial charge < -0.3 is 15.4 Å². The van der Waals surface area contributed by atoms with Crippen LogP contribution in [0.25, 0.3) is 0 Å². The van der Waals surface area contributed by atoms with Crippen molar-refractivity contribution in [2.75, 3.05) is 31.6 Å². The minimum absolute atomic E-state index is 0.242. The van der Waals surface area contributed by atoms with Crippen LogP contribution in [0, 0.1) is 5.82 Å². The summed E-state index contributed by atoms with van der Waals surface area (Å²) in [4.78, 5) is 3.90. The molecule has 0 radical (unpaired) electrons. The van der Waals surface area contributed by atoms with E-state index in [4.69, 9.17) is 16.3 Å². The van der Waals surface area contributed by atoms with Gasteiger partial charge in [0.05, 0.1) is 11.1 Å². The lowest BCUT2D eigenvalue weighted by Gasteiger charge is -2.22. The minimum atomic E-state index is -0.424. The Balaban J connectivity index is 1.61. The Bertz CT molecular complexity index is 399. The molecule has 2 rings (SSSR count). The first kappa shape index (κ1) is 14.5. The van der Waals surface area contributed by atoms with Gasteiger partial charge in [0.1, 0.15) is 0 Å². The van der Waals surface area contributed by atoms with Gasteiger partial charge in [-0.1, -0.05) is 11.6 Å². The molecule has 1 fully saturated rings. The lowest BCUT2D eigenvalue weighted by atomic mass is 10.1. The summed E-state index contributed by atoms with van der Waals surface area (Å²) in [5.74, 6) is -0.182. The number of pyridine rings is 1. The zero-order valence-electron chi connectivity index (χ0n) is 10.8. The molecule has 0 spiro atoms. The van der Waals surface area contributed by atoms with Crippen LogP contribution in [0.3, 0.4) is 0 Å². The van der Waals surface area contributed by atoms with Crippen molar-refractivity contribution in [2.45, 2.75) is 25.4 Å². The fourth-order valence-electron chi connectivity index (χ4n) is 2.04. The van der Waals surface area contributed by atoms with Crippen LogP contribution in [0.4, 0.5) is 10.2 Å². The van der Waals surface area contributed by atoms with E-state index >= 15 is 0 Å². The topological polar surface area (TPSA) is 46.2 Å². The molecule has 0 saturated carbocycles. The third-order valence-corrected chi connectivity index (χ3v) is 3.27. The van der Waals surface area contributed by atoms with Gasteiger partial charge in [0.15, 0.2) is 11.6 Å². The van der Waals surface area contributed by atoms with Crippen molar-refractivity contribution in [3.8, 4) is 0 Å². The lowest BCUT2D eigenvalue weighted by Crippen LogP contribution is -2.32. The monoisotopic (exact) mass is 287 g/mol. The van der Waals surface area contributed by atoms with Crippen LogP contribution in [0.1, 0.15) is 19.3 Å². The Hall–Kier alpha value is -0.910. The third kappa shape index (κ3) is 4.93. The largest absolute Gasteiger partial charge is 0.378 e. The first-order valence-corrected chi connectivity index (χ1v) is 7.01. The summed E-state index contributed by atoms with van der Waals surface area (Å²) < 4.78 is 19.2. The van der Waals surface area contributed by atoms with Crippen LogP contribution < -0.4 is 10.6 Å². The van der Waals surface area contributed by atoms with Gasteiger partial charge in [-0.3, -0.25) is 0 Å². The SMILES string of the molecule is Fc1cc(Cl)cnc1NCCCOC1CCNCC1. The Morgan fingerprint density at radius 2 is 2.26 bits per heavy atom. The summed E-state index contributed by atoms with van der Waals surface area (Å²) in [5, 5.41) is 6.54. The summed E-state index contributed by atoms with van der Waals surface area (Å²) in [6, 6.07) is 1.25. The van der Waals surface area contributed by atoms with E-state index in [1.807, 2.05) is 0 Å². The second kappa shape index (κ2) is 7.62. The van der Waals surface area contributed by atoms with Crippen molar-refractivity contribution in [2.24, 2.45) is 0 Å². The molecule has 0 unspecified atom stereocenters. The highest BCUT2D eigenvalue weighted by molar-refractivity contribution is 6.30. The summed E-state index contributed by atoms with van der Waals surface area (Å²) >= 11 is 5.63. The second-order valence-electron chi connectivity index (χ2n) is 4.58. The maximum absolute atomic E-state index is 13.4. The average Bonchev–Trinajstić information content (AvgIpc) is 2.42. The number of aromatic nitrogens is 1. The van der Waals surface area contributed by atoms with Crippen molar-refractivity contribution < 1.29 is 9.13 Å². The van der Waals surface area contributed by atoms with Gasteiger partial charge in [-0.15, -0.1) is 0 Å². The molecule has 19 heavy (non-hydrogen) atoms. The van der Waals surface area contributed by atoms with E-state index in [1.165, 1.54) is 12.3 Å². The number of nitrogens with one attached hydrogen (secondary N) is 2. The predicted octanol–water partition coefficient (Wildman–Crippen LogP) is 2.44. The van der Waals surface area contributed by atoms with Gasteiger partial charge in [-0.05, 0) is 38.4 Å². The average molecular weight is 288 g/mol. The Morgan fingerprint density at radius 1 is 1.47 bits per heavy atom. The quantitative estimate of drug-likeness (QED) is 0.789. The van der Waals surface area contributed by atoms with Gasteiger partial charge in [0.25, 0.3) is 0 Å². The molecule has 1 aromatic heterocycles. The molecule has 2 N–H and O–H groups in total. The molecule has 2 heterocycles. The van der Waals surface area contributed by atoms with Gasteiger partial charge in [-0.2, -0.15) is 0 Å². The van der Waals surface area contributed by atoms with Crippen LogP contribution in [-0.2, 0) is 4.74 Å². The number of piperidine rings is 1. The van der Waals surface area contributed by atoms with E-state index < -0.39 is 5.82 Å². The summed E-state index contributed by atoms with van der Waals surface area (Å²) in [6.07, 6.45) is 4.76.